The molecule has 0 bridgehead atoms. The number of benzene rings is 2. The first-order valence-corrected chi connectivity index (χ1v) is 7.07. The second-order valence-corrected chi connectivity index (χ2v) is 5.42. The third kappa shape index (κ3) is 3.16. The predicted molar refractivity (Wildman–Crippen MR) is 89.6 cm³/mol. The highest BCUT2D eigenvalue weighted by Gasteiger charge is 2.13. The molecule has 0 atom stereocenters. The predicted octanol–water partition coefficient (Wildman–Crippen LogP) is 4.05. The lowest BCUT2D eigenvalue weighted by Gasteiger charge is -2.16. The van der Waals surface area contributed by atoms with Crippen LogP contribution >= 0.6 is 12.2 Å². The van der Waals surface area contributed by atoms with Gasteiger partial charge in [-0.3, -0.25) is 0 Å². The summed E-state index contributed by atoms with van der Waals surface area (Å²) in [5.74, 6) is 2.15. The molecule has 0 aliphatic heterocycles. The Labute approximate surface area is 130 Å². The van der Waals surface area contributed by atoms with Crippen LogP contribution < -0.4 is 15.2 Å². The fraction of sp³-hybridized carbons (Fsp3) is 0.235. The summed E-state index contributed by atoms with van der Waals surface area (Å²) < 4.78 is 11.4. The van der Waals surface area contributed by atoms with Crippen molar-refractivity contribution in [2.24, 2.45) is 5.73 Å². The summed E-state index contributed by atoms with van der Waals surface area (Å²) in [5, 5.41) is 0. The van der Waals surface area contributed by atoms with E-state index in [1.165, 1.54) is 5.56 Å². The highest BCUT2D eigenvalue weighted by Crippen LogP contribution is 2.34. The molecule has 0 radical (unpaired) electrons. The lowest BCUT2D eigenvalue weighted by molar-refractivity contribution is 0.408. The van der Waals surface area contributed by atoms with Gasteiger partial charge in [0.05, 0.1) is 12.7 Å². The molecule has 0 aliphatic rings. The average molecular weight is 301 g/mol. The fourth-order valence-corrected chi connectivity index (χ4v) is 2.28. The maximum Gasteiger partial charge on any atom is 0.141 e. The number of aryl methyl sites for hydroxylation is 2. The molecular weight excluding hydrogens is 282 g/mol. The first-order chi connectivity index (χ1) is 9.93. The van der Waals surface area contributed by atoms with E-state index in [1.807, 2.05) is 32.0 Å². The molecule has 3 nitrogen and oxygen atoms in total. The van der Waals surface area contributed by atoms with Crippen molar-refractivity contribution >= 4 is 17.2 Å². The van der Waals surface area contributed by atoms with Gasteiger partial charge in [-0.2, -0.15) is 0 Å². The van der Waals surface area contributed by atoms with E-state index in [9.17, 15) is 0 Å². The molecule has 0 amide bonds. The number of methoxy groups -OCH3 is 1. The zero-order valence-electron chi connectivity index (χ0n) is 12.7. The molecule has 2 rings (SSSR count). The van der Waals surface area contributed by atoms with Gasteiger partial charge in [-0.15, -0.1) is 0 Å². The van der Waals surface area contributed by atoms with Crippen LogP contribution in [0.2, 0.25) is 0 Å². The summed E-state index contributed by atoms with van der Waals surface area (Å²) in [5.41, 5.74) is 9.82. The summed E-state index contributed by atoms with van der Waals surface area (Å²) in [4.78, 5) is 0.301. The standard InChI is InChI=1S/C17H19NO2S/c1-10-5-6-11(2)16(12(10)3)20-15-9-13(19-4)7-8-14(15)17(18)21/h5-9H,1-4H3,(H2,18,21). The van der Waals surface area contributed by atoms with Crippen molar-refractivity contribution in [3.05, 3.63) is 52.6 Å². The zero-order valence-corrected chi connectivity index (χ0v) is 13.5. The van der Waals surface area contributed by atoms with Crippen molar-refractivity contribution in [3.8, 4) is 17.2 Å². The summed E-state index contributed by atoms with van der Waals surface area (Å²) >= 11 is 5.09. The minimum Gasteiger partial charge on any atom is -0.497 e. The van der Waals surface area contributed by atoms with Crippen molar-refractivity contribution in [2.75, 3.05) is 7.11 Å². The van der Waals surface area contributed by atoms with Gasteiger partial charge in [0.15, 0.2) is 0 Å². The van der Waals surface area contributed by atoms with Crippen molar-refractivity contribution < 1.29 is 9.47 Å². The van der Waals surface area contributed by atoms with Crippen LogP contribution in [0.5, 0.6) is 17.2 Å². The van der Waals surface area contributed by atoms with Crippen molar-refractivity contribution in [2.45, 2.75) is 20.8 Å². The third-order valence-electron chi connectivity index (χ3n) is 3.54. The second kappa shape index (κ2) is 6.14. The van der Waals surface area contributed by atoms with E-state index >= 15 is 0 Å². The monoisotopic (exact) mass is 301 g/mol. The van der Waals surface area contributed by atoms with E-state index in [-0.39, 0.29) is 0 Å². The molecule has 2 aromatic rings. The first-order valence-electron chi connectivity index (χ1n) is 6.66. The Balaban J connectivity index is 2.53. The number of hydrogen-bond donors (Lipinski definition) is 1. The van der Waals surface area contributed by atoms with Crippen LogP contribution in [0.25, 0.3) is 0 Å². The Morgan fingerprint density at radius 2 is 1.71 bits per heavy atom. The van der Waals surface area contributed by atoms with Gasteiger partial charge in [-0.25, -0.2) is 0 Å². The number of rotatable bonds is 4. The highest BCUT2D eigenvalue weighted by molar-refractivity contribution is 7.80. The van der Waals surface area contributed by atoms with Gasteiger partial charge in [0.25, 0.3) is 0 Å². The number of hydrogen-bond acceptors (Lipinski definition) is 3. The molecule has 2 aromatic carbocycles. The molecule has 0 saturated heterocycles. The molecule has 0 saturated carbocycles. The van der Waals surface area contributed by atoms with Gasteiger partial charge in [-0.1, -0.05) is 24.4 Å². The van der Waals surface area contributed by atoms with Gasteiger partial charge in [0, 0.05) is 6.07 Å². The summed E-state index contributed by atoms with van der Waals surface area (Å²) in [7, 11) is 1.61. The second-order valence-electron chi connectivity index (χ2n) is 4.98. The molecule has 0 aliphatic carbocycles. The summed E-state index contributed by atoms with van der Waals surface area (Å²) in [6.45, 7) is 6.11. The lowest BCUT2D eigenvalue weighted by atomic mass is 10.1. The van der Waals surface area contributed by atoms with Gasteiger partial charge < -0.3 is 15.2 Å². The number of nitrogens with two attached hydrogens (primary N) is 1. The van der Waals surface area contributed by atoms with Crippen LogP contribution in [-0.2, 0) is 0 Å². The quantitative estimate of drug-likeness (QED) is 0.865. The number of ether oxygens (including phenoxy) is 2. The van der Waals surface area contributed by atoms with Gasteiger partial charge >= 0.3 is 0 Å². The molecule has 0 spiro atoms. The van der Waals surface area contributed by atoms with E-state index in [0.717, 1.165) is 16.9 Å². The van der Waals surface area contributed by atoms with Crippen LogP contribution in [0.1, 0.15) is 22.3 Å². The molecule has 4 heteroatoms. The maximum atomic E-state index is 6.11. The van der Waals surface area contributed by atoms with Gasteiger partial charge in [0.1, 0.15) is 22.2 Å². The van der Waals surface area contributed by atoms with Crippen molar-refractivity contribution in [3.63, 3.8) is 0 Å². The Kier molecular flexibility index (Phi) is 4.48. The zero-order chi connectivity index (χ0) is 15.6. The van der Waals surface area contributed by atoms with Crippen LogP contribution in [-0.4, -0.2) is 12.1 Å². The van der Waals surface area contributed by atoms with Crippen molar-refractivity contribution in [1.29, 1.82) is 0 Å². The largest absolute Gasteiger partial charge is 0.497 e. The van der Waals surface area contributed by atoms with E-state index in [1.54, 1.807) is 13.2 Å². The normalized spacial score (nSPS) is 10.3. The van der Waals surface area contributed by atoms with Crippen LogP contribution in [0.3, 0.4) is 0 Å². The Morgan fingerprint density at radius 1 is 1.05 bits per heavy atom. The third-order valence-corrected chi connectivity index (χ3v) is 3.76. The minimum atomic E-state index is 0.301. The van der Waals surface area contributed by atoms with Crippen molar-refractivity contribution in [1.82, 2.24) is 0 Å². The number of thiocarbonyl (C=S) groups is 1. The summed E-state index contributed by atoms with van der Waals surface area (Å²) in [6, 6.07) is 9.56. The Hall–Kier alpha value is -2.07. The molecule has 0 fully saturated rings. The lowest BCUT2D eigenvalue weighted by Crippen LogP contribution is -2.11. The highest BCUT2D eigenvalue weighted by atomic mass is 32.1. The molecular formula is C17H19NO2S. The van der Waals surface area contributed by atoms with E-state index in [2.05, 4.69) is 13.0 Å². The molecule has 21 heavy (non-hydrogen) atoms. The van der Waals surface area contributed by atoms with Crippen LogP contribution in [0, 0.1) is 20.8 Å². The molecule has 2 N–H and O–H groups in total. The molecule has 110 valence electrons. The minimum absolute atomic E-state index is 0.301. The average Bonchev–Trinajstić information content (AvgIpc) is 2.47. The van der Waals surface area contributed by atoms with Gasteiger partial charge in [-0.05, 0) is 49.6 Å². The SMILES string of the molecule is COc1ccc(C(N)=S)c(Oc2c(C)ccc(C)c2C)c1. The first kappa shape index (κ1) is 15.3. The smallest absolute Gasteiger partial charge is 0.141 e. The van der Waals surface area contributed by atoms with Gasteiger partial charge in [0.2, 0.25) is 0 Å². The Morgan fingerprint density at radius 3 is 2.33 bits per heavy atom. The van der Waals surface area contributed by atoms with Crippen LogP contribution in [0.15, 0.2) is 30.3 Å². The van der Waals surface area contributed by atoms with E-state index in [0.29, 0.717) is 22.1 Å². The topological polar surface area (TPSA) is 44.5 Å². The Bertz CT molecular complexity index is 695. The molecule has 0 unspecified atom stereocenters. The van der Waals surface area contributed by atoms with E-state index < -0.39 is 0 Å². The maximum absolute atomic E-state index is 6.11. The van der Waals surface area contributed by atoms with E-state index in [4.69, 9.17) is 27.4 Å². The molecule has 0 aromatic heterocycles. The molecule has 0 heterocycles. The fourth-order valence-electron chi connectivity index (χ4n) is 2.11. The summed E-state index contributed by atoms with van der Waals surface area (Å²) in [6.07, 6.45) is 0. The van der Waals surface area contributed by atoms with Crippen LogP contribution in [0.4, 0.5) is 0 Å².